The van der Waals surface area contributed by atoms with Gasteiger partial charge in [-0.3, -0.25) is 0 Å². The molecule has 1 saturated carbocycles. The standard InChI is InChI=1S/10C7H16.C6H12/c1-6(2)7(3,4)5;1-6(2)5-7(3)4;2*1-5-6-7(2,3)4;1-5-7(4)6(2)3;2*1-4-5-6-7(2)3;2*1-4-6-7(3)5-2;1-3-5-7-6-4-2;1-6-4-2-3-5-6/h6H,1-5H3;6-7H,5H2,1-4H3;2*5-6H2,1-4H3;6-7H,5H2,1-4H3;4*7H,4-6H2,1-3H3;3-7H2,1-2H3;6H,2-5H2,1H3/t;;;;7-;;;7-;;;/m....0..1.../s1. The minimum Gasteiger partial charge on any atom is -0.0654 e. The fraction of sp³-hybridized carbons (Fsp3) is 1.00. The summed E-state index contributed by atoms with van der Waals surface area (Å²) >= 11 is 0. The van der Waals surface area contributed by atoms with Crippen LogP contribution in [0.5, 0.6) is 0 Å². The van der Waals surface area contributed by atoms with E-state index in [4.69, 9.17) is 0 Å². The zero-order chi connectivity index (χ0) is 62.4. The van der Waals surface area contributed by atoms with Gasteiger partial charge >= 0.3 is 0 Å². The van der Waals surface area contributed by atoms with Gasteiger partial charge in [0, 0.05) is 0 Å². The quantitative estimate of drug-likeness (QED) is 0.0948. The second-order valence-electron chi connectivity index (χ2n) is 29.9. The third-order valence-electron chi connectivity index (χ3n) is 14.5. The van der Waals surface area contributed by atoms with Gasteiger partial charge in [0.25, 0.3) is 0 Å². The van der Waals surface area contributed by atoms with Crippen molar-refractivity contribution in [2.24, 2.45) is 75.4 Å². The largest absolute Gasteiger partial charge is 0.0654 e. The first kappa shape index (κ1) is 98.1. The van der Waals surface area contributed by atoms with Crippen LogP contribution in [0, 0.1) is 75.4 Å². The maximum atomic E-state index is 2.34. The summed E-state index contributed by atoms with van der Waals surface area (Å²) in [7, 11) is 0. The number of rotatable bonds is 22. The van der Waals surface area contributed by atoms with Gasteiger partial charge in [0.05, 0.1) is 0 Å². The Kier molecular flexibility index (Phi) is 94.3. The Morgan fingerprint density at radius 3 is 0.697 bits per heavy atom. The van der Waals surface area contributed by atoms with E-state index >= 15 is 0 Å². The van der Waals surface area contributed by atoms with E-state index in [0.29, 0.717) is 16.2 Å². The summed E-state index contributed by atoms with van der Waals surface area (Å²) in [4.78, 5) is 0. The van der Waals surface area contributed by atoms with E-state index in [1.165, 1.54) is 173 Å². The Morgan fingerprint density at radius 1 is 0.342 bits per heavy atom. The van der Waals surface area contributed by atoms with Crippen LogP contribution >= 0.6 is 0 Å². The van der Waals surface area contributed by atoms with Gasteiger partial charge in [-0.05, 0) is 94.7 Å². The SMILES string of the molecule is CC(C)C(C)(C)C.CC(C)CC(C)C.CC1CCCC1.CCCC(C)(C)C.CCCC(C)(C)C.CCCC(C)CC.CCCCC(C)C.CCCCC(C)C.CCCCCCC.CCC[C@H](C)CC.CC[C@H](C)C(C)C. The molecule has 1 aliphatic carbocycles. The molecule has 0 amide bonds. The van der Waals surface area contributed by atoms with Crippen molar-refractivity contribution in [2.45, 2.75) is 423 Å². The van der Waals surface area contributed by atoms with Crippen LogP contribution in [0.4, 0.5) is 0 Å². The van der Waals surface area contributed by atoms with Crippen molar-refractivity contribution in [1.29, 1.82) is 0 Å². The molecule has 1 aliphatic rings. The second kappa shape index (κ2) is 73.0. The highest BCUT2D eigenvalue weighted by atomic mass is 14.2. The second-order valence-corrected chi connectivity index (χ2v) is 29.9. The Labute approximate surface area is 495 Å². The summed E-state index contributed by atoms with van der Waals surface area (Å²) in [6.07, 6.45) is 37.4. The Balaban J connectivity index is -0.0000000788. The van der Waals surface area contributed by atoms with Crippen molar-refractivity contribution in [3.05, 3.63) is 0 Å². The van der Waals surface area contributed by atoms with Crippen LogP contribution < -0.4 is 0 Å². The molecule has 0 spiro atoms. The number of hydrogen-bond acceptors (Lipinski definition) is 0. The predicted octanol–water partition coefficient (Wildman–Crippen LogP) is 30.2. The van der Waals surface area contributed by atoms with Crippen molar-refractivity contribution >= 4 is 0 Å². The van der Waals surface area contributed by atoms with Gasteiger partial charge in [0.15, 0.2) is 0 Å². The average Bonchev–Trinajstić information content (AvgIpc) is 3.78. The number of hydrogen-bond donors (Lipinski definition) is 0. The average molecular weight is 1090 g/mol. The summed E-state index contributed by atoms with van der Waals surface area (Å²) in [5.74, 6) is 9.07. The first-order valence-electron chi connectivity index (χ1n) is 34.8. The molecule has 476 valence electrons. The van der Waals surface area contributed by atoms with Crippen LogP contribution in [0.15, 0.2) is 0 Å². The summed E-state index contributed by atoms with van der Waals surface area (Å²) in [5, 5.41) is 0. The normalized spacial score (nSPS) is 13.2. The van der Waals surface area contributed by atoms with Crippen LogP contribution in [0.2, 0.25) is 0 Å². The zero-order valence-corrected chi connectivity index (χ0v) is 62.4. The monoisotopic (exact) mass is 1090 g/mol. The van der Waals surface area contributed by atoms with E-state index in [-0.39, 0.29) is 0 Å². The lowest BCUT2D eigenvalue weighted by Gasteiger charge is -2.22. The van der Waals surface area contributed by atoms with Gasteiger partial charge in [-0.15, -0.1) is 0 Å². The topological polar surface area (TPSA) is 0 Å². The molecular formula is C76H172. The van der Waals surface area contributed by atoms with Gasteiger partial charge < -0.3 is 0 Å². The van der Waals surface area contributed by atoms with Crippen LogP contribution in [-0.4, -0.2) is 0 Å². The van der Waals surface area contributed by atoms with Crippen LogP contribution in [0.3, 0.4) is 0 Å². The molecule has 0 radical (unpaired) electrons. The number of unbranched alkanes of at least 4 members (excludes halogenated alkanes) is 6. The van der Waals surface area contributed by atoms with Crippen LogP contribution in [-0.2, 0) is 0 Å². The molecule has 1 unspecified atom stereocenters. The van der Waals surface area contributed by atoms with Gasteiger partial charge in [-0.2, -0.15) is 0 Å². The Morgan fingerprint density at radius 2 is 0.632 bits per heavy atom. The maximum absolute atomic E-state index is 2.34. The molecule has 1 fully saturated rings. The van der Waals surface area contributed by atoms with E-state index in [0.717, 1.165) is 59.2 Å². The molecule has 76 heavy (non-hydrogen) atoms. The molecular weight excluding hydrogens is 913 g/mol. The molecule has 0 saturated heterocycles. The highest BCUT2D eigenvalue weighted by molar-refractivity contribution is 4.64. The maximum Gasteiger partial charge on any atom is -0.0360 e. The third-order valence-corrected chi connectivity index (χ3v) is 14.5. The highest BCUT2D eigenvalue weighted by Gasteiger charge is 2.14. The molecule has 0 heteroatoms. The highest BCUT2D eigenvalue weighted by Crippen LogP contribution is 2.24. The van der Waals surface area contributed by atoms with Crippen LogP contribution in [0.1, 0.15) is 423 Å². The Bertz CT molecular complexity index is 838. The fourth-order valence-corrected chi connectivity index (χ4v) is 7.34. The van der Waals surface area contributed by atoms with E-state index in [2.05, 4.69) is 249 Å². The van der Waals surface area contributed by atoms with Crippen molar-refractivity contribution < 1.29 is 0 Å². The van der Waals surface area contributed by atoms with Gasteiger partial charge in [-0.1, -0.05) is 403 Å². The van der Waals surface area contributed by atoms with Gasteiger partial charge in [-0.25, -0.2) is 0 Å². The van der Waals surface area contributed by atoms with Gasteiger partial charge in [0.2, 0.25) is 0 Å². The zero-order valence-electron chi connectivity index (χ0n) is 62.4. The fourth-order valence-electron chi connectivity index (χ4n) is 7.34. The Hall–Kier alpha value is 0. The van der Waals surface area contributed by atoms with Crippen molar-refractivity contribution in [2.75, 3.05) is 0 Å². The summed E-state index contributed by atoms with van der Waals surface area (Å²) < 4.78 is 0. The minimum atomic E-state index is 0.500. The molecule has 0 heterocycles. The molecule has 0 N–H and O–H groups in total. The summed E-state index contributed by atoms with van der Waals surface area (Å²) in [6, 6.07) is 0. The lowest BCUT2D eigenvalue weighted by Crippen LogP contribution is -2.12. The van der Waals surface area contributed by atoms with E-state index in [1.54, 1.807) is 0 Å². The van der Waals surface area contributed by atoms with Gasteiger partial charge in [0.1, 0.15) is 0 Å². The minimum absolute atomic E-state index is 0.500. The van der Waals surface area contributed by atoms with Crippen LogP contribution in [0.25, 0.3) is 0 Å². The third kappa shape index (κ3) is 140. The molecule has 0 aromatic heterocycles. The predicted molar refractivity (Wildman–Crippen MR) is 371 cm³/mol. The van der Waals surface area contributed by atoms with Crippen molar-refractivity contribution in [3.8, 4) is 0 Å². The van der Waals surface area contributed by atoms with Crippen molar-refractivity contribution in [1.82, 2.24) is 0 Å². The molecule has 0 aliphatic heterocycles. The first-order chi connectivity index (χ1) is 34.8. The molecule has 0 bridgehead atoms. The molecule has 1 rings (SSSR count). The lowest BCUT2D eigenvalue weighted by molar-refractivity contribution is 0.283. The lowest BCUT2D eigenvalue weighted by atomic mass is 9.84. The summed E-state index contributed by atoms with van der Waals surface area (Å²) in [6.45, 7) is 81.5. The molecule has 3 atom stereocenters. The van der Waals surface area contributed by atoms with E-state index in [9.17, 15) is 0 Å². The smallest absolute Gasteiger partial charge is 0.0360 e. The summed E-state index contributed by atoms with van der Waals surface area (Å²) in [5.41, 5.74) is 1.60. The molecule has 0 aromatic carbocycles. The molecule has 0 aromatic rings. The first-order valence-corrected chi connectivity index (χ1v) is 34.8. The van der Waals surface area contributed by atoms with E-state index < -0.39 is 0 Å². The van der Waals surface area contributed by atoms with Crippen molar-refractivity contribution in [3.63, 3.8) is 0 Å². The molecule has 0 nitrogen and oxygen atoms in total. The van der Waals surface area contributed by atoms with E-state index in [1.807, 2.05) is 0 Å².